The normalized spacial score (nSPS) is 17.5. The minimum absolute atomic E-state index is 0.680. The first-order valence-electron chi connectivity index (χ1n) is 8.43. The molecule has 2 aromatic rings. The lowest BCUT2D eigenvalue weighted by Crippen LogP contribution is -2.29. The fourth-order valence-corrected chi connectivity index (χ4v) is 3.57. The highest BCUT2D eigenvalue weighted by molar-refractivity contribution is 5.57. The molecule has 0 aliphatic carbocycles. The molecule has 118 valence electrons. The number of benzene rings is 1. The van der Waals surface area contributed by atoms with Crippen molar-refractivity contribution in [3.8, 4) is 11.8 Å². The van der Waals surface area contributed by atoms with Gasteiger partial charge in [-0.3, -0.25) is 4.90 Å². The summed E-state index contributed by atoms with van der Waals surface area (Å²) in [5, 5.41) is 17.3. The molecule has 1 aromatic carbocycles. The zero-order valence-electron chi connectivity index (χ0n) is 13.3. The number of aromatic nitrogens is 2. The number of nitrogens with one attached hydrogen (secondary N) is 1. The molecule has 5 nitrogen and oxygen atoms in total. The van der Waals surface area contributed by atoms with Crippen molar-refractivity contribution in [3.63, 3.8) is 0 Å². The van der Waals surface area contributed by atoms with Gasteiger partial charge in [0.25, 0.3) is 0 Å². The molecular formula is C18H21N5. The zero-order chi connectivity index (χ0) is 15.6. The molecule has 4 rings (SSSR count). The third-order valence-electron chi connectivity index (χ3n) is 4.80. The molecule has 0 bridgehead atoms. The van der Waals surface area contributed by atoms with Crippen LogP contribution >= 0.6 is 0 Å². The summed E-state index contributed by atoms with van der Waals surface area (Å²) in [5.41, 5.74) is 4.26. The van der Waals surface area contributed by atoms with Gasteiger partial charge in [0.1, 0.15) is 5.82 Å². The highest BCUT2D eigenvalue weighted by atomic mass is 15.4. The van der Waals surface area contributed by atoms with Gasteiger partial charge >= 0.3 is 0 Å². The number of hydrogen-bond donors (Lipinski definition) is 1. The lowest BCUT2D eigenvalue weighted by atomic mass is 10.1. The molecule has 0 amide bonds. The first-order valence-corrected chi connectivity index (χ1v) is 8.43. The van der Waals surface area contributed by atoms with E-state index in [1.54, 1.807) is 0 Å². The summed E-state index contributed by atoms with van der Waals surface area (Å²) in [6, 6.07) is 9.80. The van der Waals surface area contributed by atoms with Gasteiger partial charge in [0.2, 0.25) is 0 Å². The van der Waals surface area contributed by atoms with Crippen LogP contribution in [-0.4, -0.2) is 34.3 Å². The topological polar surface area (TPSA) is 56.9 Å². The Morgan fingerprint density at radius 1 is 1.13 bits per heavy atom. The van der Waals surface area contributed by atoms with E-state index in [1.807, 2.05) is 28.9 Å². The van der Waals surface area contributed by atoms with Crippen LogP contribution in [-0.2, 0) is 13.0 Å². The molecule has 0 radical (unpaired) electrons. The van der Waals surface area contributed by atoms with Crippen LogP contribution < -0.4 is 5.32 Å². The van der Waals surface area contributed by atoms with Crippen LogP contribution in [0.3, 0.4) is 0 Å². The second kappa shape index (κ2) is 6.05. The monoisotopic (exact) mass is 307 g/mol. The summed E-state index contributed by atoms with van der Waals surface area (Å²) in [7, 11) is 0. The molecule has 0 spiro atoms. The lowest BCUT2D eigenvalue weighted by molar-refractivity contribution is 0.217. The average Bonchev–Trinajstić information content (AvgIpc) is 3.20. The number of rotatable bonds is 3. The number of nitrogens with zero attached hydrogens (tertiary/aromatic N) is 4. The van der Waals surface area contributed by atoms with Crippen LogP contribution in [0.1, 0.15) is 36.1 Å². The molecule has 2 aliphatic rings. The predicted molar refractivity (Wildman–Crippen MR) is 89.6 cm³/mol. The maximum absolute atomic E-state index is 8.95. The molecule has 0 unspecified atom stereocenters. The average molecular weight is 307 g/mol. The molecule has 1 aromatic heterocycles. The second-order valence-electron chi connectivity index (χ2n) is 6.36. The Morgan fingerprint density at radius 2 is 1.91 bits per heavy atom. The Morgan fingerprint density at radius 3 is 2.65 bits per heavy atom. The standard InChI is InChI=1S/C18H21N5/c19-12-14-4-6-15(7-5-14)23-18-16(8-9-20-18)17(21-23)13-22-10-2-1-3-11-22/h4-7,20H,1-3,8-11,13H2. The van der Waals surface area contributed by atoms with Crippen LogP contribution in [0.2, 0.25) is 0 Å². The van der Waals surface area contributed by atoms with Gasteiger partial charge in [-0.15, -0.1) is 0 Å². The van der Waals surface area contributed by atoms with Crippen molar-refractivity contribution in [2.75, 3.05) is 25.0 Å². The molecule has 2 aliphatic heterocycles. The minimum Gasteiger partial charge on any atom is -0.369 e. The Kier molecular flexibility index (Phi) is 3.76. The van der Waals surface area contributed by atoms with E-state index in [-0.39, 0.29) is 0 Å². The van der Waals surface area contributed by atoms with E-state index in [0.717, 1.165) is 31.0 Å². The number of likely N-dealkylation sites (tertiary alicyclic amines) is 1. The summed E-state index contributed by atoms with van der Waals surface area (Å²) in [6.07, 6.45) is 5.01. The van der Waals surface area contributed by atoms with E-state index in [2.05, 4.69) is 16.3 Å². The van der Waals surface area contributed by atoms with E-state index in [0.29, 0.717) is 5.56 Å². The number of fused-ring (bicyclic) bond motifs is 1. The predicted octanol–water partition coefficient (Wildman–Crippen LogP) is 2.70. The number of piperidine rings is 1. The molecule has 5 heteroatoms. The molecule has 0 atom stereocenters. The van der Waals surface area contributed by atoms with Crippen LogP contribution in [0.4, 0.5) is 5.82 Å². The van der Waals surface area contributed by atoms with Gasteiger partial charge < -0.3 is 5.32 Å². The smallest absolute Gasteiger partial charge is 0.133 e. The number of hydrogen-bond acceptors (Lipinski definition) is 4. The largest absolute Gasteiger partial charge is 0.369 e. The van der Waals surface area contributed by atoms with Crippen LogP contribution in [0.25, 0.3) is 5.69 Å². The molecule has 0 saturated carbocycles. The third-order valence-corrected chi connectivity index (χ3v) is 4.80. The second-order valence-corrected chi connectivity index (χ2v) is 6.36. The maximum atomic E-state index is 8.95. The van der Waals surface area contributed by atoms with E-state index < -0.39 is 0 Å². The summed E-state index contributed by atoms with van der Waals surface area (Å²) >= 11 is 0. The van der Waals surface area contributed by atoms with Gasteiger partial charge in [-0.25, -0.2) is 4.68 Å². The highest BCUT2D eigenvalue weighted by Crippen LogP contribution is 2.30. The van der Waals surface area contributed by atoms with Crippen LogP contribution in [0, 0.1) is 11.3 Å². The first-order chi connectivity index (χ1) is 11.3. The van der Waals surface area contributed by atoms with E-state index in [4.69, 9.17) is 10.4 Å². The van der Waals surface area contributed by atoms with E-state index >= 15 is 0 Å². The SMILES string of the molecule is N#Cc1ccc(-n2nc(CN3CCCCC3)c3c2NCC3)cc1. The molecule has 1 N–H and O–H groups in total. The molecule has 23 heavy (non-hydrogen) atoms. The van der Waals surface area contributed by atoms with Crippen molar-refractivity contribution in [2.45, 2.75) is 32.2 Å². The van der Waals surface area contributed by atoms with Crippen molar-refractivity contribution in [1.82, 2.24) is 14.7 Å². The van der Waals surface area contributed by atoms with Crippen molar-refractivity contribution in [3.05, 3.63) is 41.1 Å². The van der Waals surface area contributed by atoms with Gasteiger partial charge in [0.05, 0.1) is 23.0 Å². The Labute approximate surface area is 136 Å². The zero-order valence-corrected chi connectivity index (χ0v) is 13.3. The summed E-state index contributed by atoms with van der Waals surface area (Å²) in [6.45, 7) is 4.31. The van der Waals surface area contributed by atoms with Crippen molar-refractivity contribution < 1.29 is 0 Å². The van der Waals surface area contributed by atoms with Gasteiger partial charge in [-0.2, -0.15) is 10.4 Å². The minimum atomic E-state index is 0.680. The summed E-state index contributed by atoms with van der Waals surface area (Å²) < 4.78 is 2.00. The fourth-order valence-electron chi connectivity index (χ4n) is 3.57. The van der Waals surface area contributed by atoms with Gasteiger partial charge in [0.15, 0.2) is 0 Å². The Balaban J connectivity index is 1.65. The maximum Gasteiger partial charge on any atom is 0.133 e. The lowest BCUT2D eigenvalue weighted by Gasteiger charge is -2.25. The van der Waals surface area contributed by atoms with Crippen LogP contribution in [0.5, 0.6) is 0 Å². The fraction of sp³-hybridized carbons (Fsp3) is 0.444. The van der Waals surface area contributed by atoms with Crippen molar-refractivity contribution in [2.24, 2.45) is 0 Å². The molecular weight excluding hydrogens is 286 g/mol. The quantitative estimate of drug-likeness (QED) is 0.947. The summed E-state index contributed by atoms with van der Waals surface area (Å²) in [5.74, 6) is 1.13. The summed E-state index contributed by atoms with van der Waals surface area (Å²) in [4.78, 5) is 2.52. The van der Waals surface area contributed by atoms with E-state index in [9.17, 15) is 0 Å². The number of nitriles is 1. The first kappa shape index (κ1) is 14.3. The van der Waals surface area contributed by atoms with Gasteiger partial charge in [-0.1, -0.05) is 6.42 Å². The van der Waals surface area contributed by atoms with Crippen LogP contribution in [0.15, 0.2) is 24.3 Å². The van der Waals surface area contributed by atoms with E-state index in [1.165, 1.54) is 43.6 Å². The van der Waals surface area contributed by atoms with Gasteiger partial charge in [0, 0.05) is 18.7 Å². The van der Waals surface area contributed by atoms with Gasteiger partial charge in [-0.05, 0) is 56.6 Å². The van der Waals surface area contributed by atoms with Crippen molar-refractivity contribution >= 4 is 5.82 Å². The Bertz CT molecular complexity index is 732. The third kappa shape index (κ3) is 2.71. The molecule has 1 saturated heterocycles. The highest BCUT2D eigenvalue weighted by Gasteiger charge is 2.24. The van der Waals surface area contributed by atoms with Crippen molar-refractivity contribution in [1.29, 1.82) is 5.26 Å². The Hall–Kier alpha value is -2.32. The molecule has 3 heterocycles. The molecule has 1 fully saturated rings. The number of anilines is 1.